The molecule has 13 heteroatoms. The third-order valence-electron chi connectivity index (χ3n) is 5.84. The zero-order valence-electron chi connectivity index (χ0n) is 19.9. The topological polar surface area (TPSA) is 133 Å². The molecule has 4 rings (SSSR count). The molecule has 1 aromatic heterocycles. The fourth-order valence-electron chi connectivity index (χ4n) is 3.92. The Morgan fingerprint density at radius 2 is 1.64 bits per heavy atom. The van der Waals surface area contributed by atoms with Crippen molar-refractivity contribution >= 4 is 21.9 Å². The van der Waals surface area contributed by atoms with E-state index in [1.54, 1.807) is 12.1 Å². The minimum Gasteiger partial charge on any atom is -0.493 e. The third-order valence-corrected chi connectivity index (χ3v) is 7.76. The van der Waals surface area contributed by atoms with Crippen LogP contribution in [0.3, 0.4) is 0 Å². The van der Waals surface area contributed by atoms with E-state index in [2.05, 4.69) is 15.5 Å². The second kappa shape index (κ2) is 10.5. The summed E-state index contributed by atoms with van der Waals surface area (Å²) in [6.07, 6.45) is 0.611. The predicted octanol–water partition coefficient (Wildman–Crippen LogP) is 2.94. The highest BCUT2D eigenvalue weighted by Crippen LogP contribution is 2.41. The molecular weight excluding hydrogens is 495 g/mol. The van der Waals surface area contributed by atoms with Crippen molar-refractivity contribution in [2.24, 2.45) is 5.92 Å². The maximum absolute atomic E-state index is 13.1. The number of nitrogens with zero attached hydrogens (tertiary/aromatic N) is 3. The van der Waals surface area contributed by atoms with E-state index in [-0.39, 0.29) is 35.8 Å². The molecule has 2 aromatic carbocycles. The summed E-state index contributed by atoms with van der Waals surface area (Å²) in [5.74, 6) is 0.0270. The summed E-state index contributed by atoms with van der Waals surface area (Å²) in [5, 5.41) is 10.5. The summed E-state index contributed by atoms with van der Waals surface area (Å²) in [7, 11) is 0.689. The van der Waals surface area contributed by atoms with E-state index in [9.17, 15) is 17.6 Å². The van der Waals surface area contributed by atoms with Crippen LogP contribution < -0.4 is 19.5 Å². The molecule has 1 N–H and O–H groups in total. The first-order valence-electron chi connectivity index (χ1n) is 11.0. The summed E-state index contributed by atoms with van der Waals surface area (Å²) in [4.78, 5) is 12.8. The van der Waals surface area contributed by atoms with Gasteiger partial charge in [0, 0.05) is 24.6 Å². The van der Waals surface area contributed by atoms with Crippen molar-refractivity contribution in [3.63, 3.8) is 0 Å². The van der Waals surface area contributed by atoms with E-state index >= 15 is 0 Å². The molecule has 1 aliphatic heterocycles. The fraction of sp³-hybridized carbons (Fsp3) is 0.348. The number of piperidine rings is 1. The van der Waals surface area contributed by atoms with E-state index in [1.807, 2.05) is 0 Å². The molecule has 0 radical (unpaired) electrons. The number of benzene rings is 2. The highest BCUT2D eigenvalue weighted by atomic mass is 32.2. The lowest BCUT2D eigenvalue weighted by molar-refractivity contribution is -0.121. The van der Waals surface area contributed by atoms with Crippen LogP contribution in [0.2, 0.25) is 0 Å². The van der Waals surface area contributed by atoms with Crippen molar-refractivity contribution in [1.82, 2.24) is 14.5 Å². The van der Waals surface area contributed by atoms with Crippen LogP contribution in [-0.4, -0.2) is 63.2 Å². The number of ether oxygens (including phenoxy) is 3. The highest BCUT2D eigenvalue weighted by Gasteiger charge is 2.32. The van der Waals surface area contributed by atoms with Crippen LogP contribution >= 0.6 is 0 Å². The van der Waals surface area contributed by atoms with E-state index in [0.29, 0.717) is 35.7 Å². The smallest absolute Gasteiger partial charge is 0.322 e. The monoisotopic (exact) mass is 520 g/mol. The van der Waals surface area contributed by atoms with E-state index < -0.39 is 21.8 Å². The lowest BCUT2D eigenvalue weighted by Gasteiger charge is -2.30. The van der Waals surface area contributed by atoms with Gasteiger partial charge >= 0.3 is 6.01 Å². The number of sulfonamides is 1. The Hall–Kier alpha value is -3.71. The molecule has 3 aromatic rings. The predicted molar refractivity (Wildman–Crippen MR) is 126 cm³/mol. The average molecular weight is 521 g/mol. The van der Waals surface area contributed by atoms with Gasteiger partial charge in [0.25, 0.3) is 0 Å². The van der Waals surface area contributed by atoms with Crippen LogP contribution in [-0.2, 0) is 14.8 Å². The van der Waals surface area contributed by atoms with Crippen LogP contribution in [0.15, 0.2) is 45.7 Å². The number of hydrogen-bond acceptors (Lipinski definition) is 9. The first-order valence-corrected chi connectivity index (χ1v) is 12.4. The lowest BCUT2D eigenvalue weighted by Crippen LogP contribution is -2.41. The maximum Gasteiger partial charge on any atom is 0.322 e. The Kier molecular flexibility index (Phi) is 7.40. The normalized spacial score (nSPS) is 14.9. The Morgan fingerprint density at radius 3 is 2.19 bits per heavy atom. The molecule has 11 nitrogen and oxygen atoms in total. The van der Waals surface area contributed by atoms with E-state index in [4.69, 9.17) is 18.6 Å². The van der Waals surface area contributed by atoms with Gasteiger partial charge in [-0.3, -0.25) is 10.1 Å². The zero-order chi connectivity index (χ0) is 25.9. The van der Waals surface area contributed by atoms with E-state index in [1.165, 1.54) is 37.8 Å². The first-order chi connectivity index (χ1) is 17.3. The molecule has 0 unspecified atom stereocenters. The van der Waals surface area contributed by atoms with Gasteiger partial charge in [0.1, 0.15) is 5.82 Å². The van der Waals surface area contributed by atoms with Crippen molar-refractivity contribution in [3.05, 3.63) is 42.2 Å². The summed E-state index contributed by atoms with van der Waals surface area (Å²) in [6.45, 7) is 0.302. The maximum atomic E-state index is 13.1. The van der Waals surface area contributed by atoms with Gasteiger partial charge in [-0.15, -0.1) is 5.10 Å². The van der Waals surface area contributed by atoms with Gasteiger partial charge in [0.2, 0.25) is 27.6 Å². The lowest BCUT2D eigenvalue weighted by atomic mass is 9.97. The number of carbonyl (C=O) groups is 1. The fourth-order valence-corrected chi connectivity index (χ4v) is 5.39. The second-order valence-electron chi connectivity index (χ2n) is 7.95. The third kappa shape index (κ3) is 5.11. The van der Waals surface area contributed by atoms with Crippen molar-refractivity contribution in [1.29, 1.82) is 0 Å². The number of hydrogen-bond donors (Lipinski definition) is 1. The number of halogens is 1. The molecule has 1 aliphatic rings. The number of anilines is 1. The number of amides is 1. The molecule has 36 heavy (non-hydrogen) atoms. The Morgan fingerprint density at radius 1 is 1.03 bits per heavy atom. The van der Waals surface area contributed by atoms with Crippen molar-refractivity contribution in [3.8, 4) is 28.7 Å². The summed E-state index contributed by atoms with van der Waals surface area (Å²) in [6, 6.07) is 7.84. The van der Waals surface area contributed by atoms with Gasteiger partial charge < -0.3 is 18.6 Å². The van der Waals surface area contributed by atoms with Gasteiger partial charge in [-0.25, -0.2) is 12.8 Å². The van der Waals surface area contributed by atoms with Gasteiger partial charge in [0.15, 0.2) is 11.5 Å². The SMILES string of the molecule is COc1cc(-c2nnc(NC(=O)C3CCN(S(=O)(=O)c4ccc(F)cc4)CC3)o2)cc(OC)c1OC. The molecule has 2 heterocycles. The standard InChI is InChI=1S/C23H25FN4O7S/c1-32-18-12-15(13-19(33-2)20(18)34-3)22-26-27-23(35-22)25-21(29)14-8-10-28(11-9-14)36(30,31)17-6-4-16(24)5-7-17/h4-7,12-14H,8-11H2,1-3H3,(H,25,27,29). The minimum absolute atomic E-state index is 0.0111. The Labute approximate surface area is 207 Å². The molecule has 1 saturated heterocycles. The molecule has 0 spiro atoms. The average Bonchev–Trinajstić information content (AvgIpc) is 3.36. The van der Waals surface area contributed by atoms with Crippen LogP contribution in [0.1, 0.15) is 12.8 Å². The number of methoxy groups -OCH3 is 3. The molecule has 0 saturated carbocycles. The number of nitrogens with one attached hydrogen (secondary N) is 1. The van der Waals surface area contributed by atoms with Crippen molar-refractivity contribution in [2.45, 2.75) is 17.7 Å². The molecule has 0 atom stereocenters. The zero-order valence-corrected chi connectivity index (χ0v) is 20.7. The highest BCUT2D eigenvalue weighted by molar-refractivity contribution is 7.89. The van der Waals surface area contributed by atoms with Crippen molar-refractivity contribution < 1.29 is 36.2 Å². The van der Waals surface area contributed by atoms with Crippen LogP contribution in [0.4, 0.5) is 10.4 Å². The van der Waals surface area contributed by atoms with Gasteiger partial charge in [0.05, 0.1) is 26.2 Å². The second-order valence-corrected chi connectivity index (χ2v) is 9.89. The molecule has 0 aliphatic carbocycles. The Bertz CT molecular complexity index is 1310. The summed E-state index contributed by atoms with van der Waals surface area (Å²) >= 11 is 0. The van der Waals surface area contributed by atoms with Crippen LogP contribution in [0.25, 0.3) is 11.5 Å². The molecule has 1 amide bonds. The molecule has 192 valence electrons. The first kappa shape index (κ1) is 25.4. The van der Waals surface area contributed by atoms with Gasteiger partial charge in [-0.1, -0.05) is 5.10 Å². The van der Waals surface area contributed by atoms with Crippen molar-refractivity contribution in [2.75, 3.05) is 39.7 Å². The Balaban J connectivity index is 1.40. The van der Waals surface area contributed by atoms with Crippen LogP contribution in [0, 0.1) is 11.7 Å². The van der Waals surface area contributed by atoms with Crippen LogP contribution in [0.5, 0.6) is 17.2 Å². The van der Waals surface area contributed by atoms with Gasteiger partial charge in [-0.2, -0.15) is 4.31 Å². The van der Waals surface area contributed by atoms with Gasteiger partial charge in [-0.05, 0) is 49.2 Å². The minimum atomic E-state index is -3.77. The molecule has 0 bridgehead atoms. The molecular formula is C23H25FN4O7S. The van der Waals surface area contributed by atoms with E-state index in [0.717, 1.165) is 12.1 Å². The molecule has 1 fully saturated rings. The number of aromatic nitrogens is 2. The summed E-state index contributed by atoms with van der Waals surface area (Å²) in [5.41, 5.74) is 0.497. The summed E-state index contributed by atoms with van der Waals surface area (Å²) < 4.78 is 61.6. The quantitative estimate of drug-likeness (QED) is 0.476. The largest absolute Gasteiger partial charge is 0.493 e. The number of carbonyl (C=O) groups excluding carboxylic acids is 1. The number of rotatable bonds is 8.